The summed E-state index contributed by atoms with van der Waals surface area (Å²) in [6, 6.07) is 0. The zero-order chi connectivity index (χ0) is 19.6. The van der Waals surface area contributed by atoms with Crippen LogP contribution in [0.2, 0.25) is 0 Å². The van der Waals surface area contributed by atoms with E-state index >= 15 is 0 Å². The minimum atomic E-state index is -2.77. The number of alkyl halides is 4. The number of anilines is 1. The average Bonchev–Trinajstić information content (AvgIpc) is 2.77. The van der Waals surface area contributed by atoms with Crippen LogP contribution in [0.15, 0.2) is 0 Å². The molecule has 150 valence electrons. The van der Waals surface area contributed by atoms with Crippen molar-refractivity contribution in [2.24, 2.45) is 7.05 Å². The van der Waals surface area contributed by atoms with Gasteiger partial charge in [-0.3, -0.25) is 10.00 Å². The zero-order valence-corrected chi connectivity index (χ0v) is 15.3. The van der Waals surface area contributed by atoms with E-state index in [1.165, 1.54) is 4.68 Å². The highest BCUT2D eigenvalue weighted by Crippen LogP contribution is 2.54. The Morgan fingerprint density at radius 2 is 1.74 bits per heavy atom. The normalized spacial score (nSPS) is 25.9. The lowest BCUT2D eigenvalue weighted by molar-refractivity contribution is -0.142. The Labute approximate surface area is 154 Å². The van der Waals surface area contributed by atoms with Crippen LogP contribution in [-0.2, 0) is 17.2 Å². The fourth-order valence-electron chi connectivity index (χ4n) is 4.35. The van der Waals surface area contributed by atoms with Crippen molar-refractivity contribution in [2.75, 3.05) is 5.32 Å². The van der Waals surface area contributed by atoms with E-state index in [4.69, 9.17) is 4.74 Å². The summed E-state index contributed by atoms with van der Waals surface area (Å²) in [7, 11) is 1.64. The Morgan fingerprint density at radius 3 is 2.22 bits per heavy atom. The lowest BCUT2D eigenvalue weighted by Crippen LogP contribution is -2.43. The summed E-state index contributed by atoms with van der Waals surface area (Å²) in [4.78, 5) is 12.2. The number of carbonyl (C=O) groups is 1. The van der Waals surface area contributed by atoms with Crippen molar-refractivity contribution >= 4 is 11.9 Å². The van der Waals surface area contributed by atoms with Crippen molar-refractivity contribution in [3.63, 3.8) is 0 Å². The molecule has 1 aromatic rings. The van der Waals surface area contributed by atoms with Crippen LogP contribution in [0, 0.1) is 0 Å². The fraction of sp³-hybridized carbons (Fsp3) is 0.778. The van der Waals surface area contributed by atoms with Gasteiger partial charge in [0.25, 0.3) is 5.92 Å². The predicted molar refractivity (Wildman–Crippen MR) is 89.4 cm³/mol. The molecule has 1 amide bonds. The van der Waals surface area contributed by atoms with Gasteiger partial charge in [-0.05, 0) is 18.3 Å². The molecular formula is C18H23F4N3O2. The van der Waals surface area contributed by atoms with Crippen LogP contribution in [0.4, 0.5) is 28.2 Å². The standard InChI is InChI=1S/C18H23F4N3O2/c1-16(4-3-5-16)12-13(10-6-17(19,20)7-10)24-25(2)14(12)23-15(26)27-11-8-18(21,22)9-11/h10-11H,3-9H2,1-2H3,(H,23,26). The second kappa shape index (κ2) is 5.85. The van der Waals surface area contributed by atoms with Gasteiger partial charge < -0.3 is 4.74 Å². The maximum Gasteiger partial charge on any atom is 0.413 e. The Kier molecular flexibility index (Phi) is 4.02. The number of nitrogens with zero attached hydrogens (tertiary/aromatic N) is 2. The highest BCUT2D eigenvalue weighted by atomic mass is 19.3. The third-order valence-electron chi connectivity index (χ3n) is 6.16. The van der Waals surface area contributed by atoms with Crippen molar-refractivity contribution < 1.29 is 27.1 Å². The molecule has 5 nitrogen and oxygen atoms in total. The molecule has 27 heavy (non-hydrogen) atoms. The molecular weight excluding hydrogens is 366 g/mol. The Hall–Kier alpha value is -1.80. The van der Waals surface area contributed by atoms with E-state index < -0.39 is 36.9 Å². The number of nitrogens with one attached hydrogen (secondary N) is 1. The first-order valence-electron chi connectivity index (χ1n) is 9.29. The van der Waals surface area contributed by atoms with E-state index in [9.17, 15) is 22.4 Å². The minimum Gasteiger partial charge on any atom is -0.445 e. The second-order valence-electron chi connectivity index (χ2n) is 8.52. The molecule has 0 radical (unpaired) electrons. The lowest BCUT2D eigenvalue weighted by atomic mass is 9.63. The van der Waals surface area contributed by atoms with Gasteiger partial charge in [0, 0.05) is 44.2 Å². The number of hydrogen-bond donors (Lipinski definition) is 1. The highest BCUT2D eigenvalue weighted by molar-refractivity contribution is 5.85. The monoisotopic (exact) mass is 389 g/mol. The first-order valence-corrected chi connectivity index (χ1v) is 9.29. The van der Waals surface area contributed by atoms with Gasteiger partial charge in [0.15, 0.2) is 0 Å². The Balaban J connectivity index is 1.55. The molecule has 0 spiro atoms. The fourth-order valence-corrected chi connectivity index (χ4v) is 4.35. The third-order valence-corrected chi connectivity index (χ3v) is 6.16. The van der Waals surface area contributed by atoms with Crippen LogP contribution in [0.1, 0.15) is 69.0 Å². The summed E-state index contributed by atoms with van der Waals surface area (Å²) < 4.78 is 59.1. The van der Waals surface area contributed by atoms with Crippen LogP contribution >= 0.6 is 0 Å². The number of halogens is 4. The molecule has 0 bridgehead atoms. The van der Waals surface area contributed by atoms with Gasteiger partial charge in [0.2, 0.25) is 5.92 Å². The van der Waals surface area contributed by atoms with Gasteiger partial charge in [-0.25, -0.2) is 22.4 Å². The van der Waals surface area contributed by atoms with E-state index in [0.29, 0.717) is 11.5 Å². The first kappa shape index (κ1) is 18.6. The highest BCUT2D eigenvalue weighted by Gasteiger charge is 2.51. The van der Waals surface area contributed by atoms with Crippen LogP contribution in [0.5, 0.6) is 0 Å². The summed E-state index contributed by atoms with van der Waals surface area (Å²) >= 11 is 0. The molecule has 3 aliphatic rings. The number of ether oxygens (including phenoxy) is 1. The SMILES string of the molecule is Cn1nc(C2CC(F)(F)C2)c(C2(C)CCC2)c1NC(=O)OC1CC(F)(F)C1. The summed E-state index contributed by atoms with van der Waals surface area (Å²) in [5.74, 6) is -5.36. The summed E-state index contributed by atoms with van der Waals surface area (Å²) in [6.07, 6.45) is -0.262. The van der Waals surface area contributed by atoms with Gasteiger partial charge >= 0.3 is 6.09 Å². The van der Waals surface area contributed by atoms with Gasteiger partial charge in [-0.15, -0.1) is 0 Å². The molecule has 3 saturated carbocycles. The molecule has 3 fully saturated rings. The van der Waals surface area contributed by atoms with Gasteiger partial charge in [-0.1, -0.05) is 13.3 Å². The van der Waals surface area contributed by atoms with Crippen molar-refractivity contribution in [2.45, 2.75) is 81.2 Å². The first-order chi connectivity index (χ1) is 12.5. The van der Waals surface area contributed by atoms with Crippen LogP contribution in [0.3, 0.4) is 0 Å². The van der Waals surface area contributed by atoms with Gasteiger partial charge in [0.05, 0.1) is 5.69 Å². The van der Waals surface area contributed by atoms with Gasteiger partial charge in [-0.2, -0.15) is 5.10 Å². The van der Waals surface area contributed by atoms with Crippen molar-refractivity contribution in [3.8, 4) is 0 Å². The molecule has 3 aliphatic carbocycles. The molecule has 0 aromatic carbocycles. The molecule has 4 rings (SSSR count). The molecule has 0 saturated heterocycles. The molecule has 0 aliphatic heterocycles. The molecule has 9 heteroatoms. The topological polar surface area (TPSA) is 56.2 Å². The predicted octanol–water partition coefficient (Wildman–Crippen LogP) is 4.72. The molecule has 0 atom stereocenters. The van der Waals surface area contributed by atoms with Crippen molar-refractivity contribution in [3.05, 3.63) is 11.3 Å². The van der Waals surface area contributed by atoms with Crippen LogP contribution in [0.25, 0.3) is 0 Å². The smallest absolute Gasteiger partial charge is 0.413 e. The summed E-state index contributed by atoms with van der Waals surface area (Å²) in [6.45, 7) is 2.04. The van der Waals surface area contributed by atoms with Crippen molar-refractivity contribution in [1.29, 1.82) is 0 Å². The van der Waals surface area contributed by atoms with Gasteiger partial charge in [0.1, 0.15) is 11.9 Å². The lowest BCUT2D eigenvalue weighted by Gasteiger charge is -2.42. The molecule has 1 aromatic heterocycles. The van der Waals surface area contributed by atoms with E-state index in [1.54, 1.807) is 7.05 Å². The van der Waals surface area contributed by atoms with E-state index in [-0.39, 0.29) is 24.2 Å². The average molecular weight is 389 g/mol. The quantitative estimate of drug-likeness (QED) is 0.758. The summed E-state index contributed by atoms with van der Waals surface area (Å²) in [5, 5.41) is 7.06. The number of aryl methyl sites for hydroxylation is 1. The van der Waals surface area contributed by atoms with Crippen LogP contribution in [-0.4, -0.2) is 33.8 Å². The maximum absolute atomic E-state index is 13.4. The molecule has 1 heterocycles. The zero-order valence-electron chi connectivity index (χ0n) is 15.3. The van der Waals surface area contributed by atoms with Crippen molar-refractivity contribution in [1.82, 2.24) is 9.78 Å². The van der Waals surface area contributed by atoms with Crippen LogP contribution < -0.4 is 5.32 Å². The number of aromatic nitrogens is 2. The molecule has 1 N–H and O–H groups in total. The largest absolute Gasteiger partial charge is 0.445 e. The summed E-state index contributed by atoms with van der Waals surface area (Å²) in [5.41, 5.74) is 1.16. The Bertz CT molecular complexity index is 757. The van der Waals surface area contributed by atoms with E-state index in [0.717, 1.165) is 24.8 Å². The third kappa shape index (κ3) is 3.29. The number of rotatable bonds is 4. The maximum atomic E-state index is 13.4. The number of hydrogen-bond acceptors (Lipinski definition) is 3. The Morgan fingerprint density at radius 1 is 1.15 bits per heavy atom. The van der Waals surface area contributed by atoms with E-state index in [2.05, 4.69) is 10.4 Å². The number of carbonyl (C=O) groups excluding carboxylic acids is 1. The van der Waals surface area contributed by atoms with E-state index in [1.807, 2.05) is 6.92 Å². The molecule has 0 unspecified atom stereocenters. The minimum absolute atomic E-state index is 0.236. The number of amides is 1. The second-order valence-corrected chi connectivity index (χ2v) is 8.52.